The molecule has 8 heteroatoms. The van der Waals surface area contributed by atoms with Crippen LogP contribution in [-0.2, 0) is 4.79 Å². The van der Waals surface area contributed by atoms with Crippen molar-refractivity contribution in [1.29, 1.82) is 0 Å². The molecule has 1 aromatic heterocycles. The highest BCUT2D eigenvalue weighted by Crippen LogP contribution is 2.25. The number of hydrogen-bond donors (Lipinski definition) is 3. The summed E-state index contributed by atoms with van der Waals surface area (Å²) in [5.41, 5.74) is 1.02. The van der Waals surface area contributed by atoms with Gasteiger partial charge in [0.05, 0.1) is 11.3 Å². The lowest BCUT2D eigenvalue weighted by Gasteiger charge is -2.10. The summed E-state index contributed by atoms with van der Waals surface area (Å²) in [4.78, 5) is 19.5. The molecule has 0 fully saturated rings. The van der Waals surface area contributed by atoms with Gasteiger partial charge in [0.25, 0.3) is 0 Å². The molecule has 0 saturated heterocycles. The SMILES string of the molecule is CNC(=S)Nc1ccc(/C(O)=C(/C(=O)CF)c2ccncn2)cc1. The zero-order valence-electron chi connectivity index (χ0n) is 12.8. The van der Waals surface area contributed by atoms with Crippen molar-refractivity contribution in [1.82, 2.24) is 15.3 Å². The average molecular weight is 346 g/mol. The van der Waals surface area contributed by atoms with Crippen LogP contribution in [0.15, 0.2) is 42.9 Å². The van der Waals surface area contributed by atoms with Crippen LogP contribution in [-0.4, -0.2) is 39.7 Å². The van der Waals surface area contributed by atoms with Crippen LogP contribution in [0.5, 0.6) is 0 Å². The van der Waals surface area contributed by atoms with E-state index in [1.807, 2.05) is 0 Å². The number of Topliss-reactive ketones (excluding diaryl/α,β-unsaturated/α-hetero) is 1. The molecule has 1 heterocycles. The lowest BCUT2D eigenvalue weighted by atomic mass is 10.0. The molecule has 0 aliphatic heterocycles. The maximum atomic E-state index is 12.9. The van der Waals surface area contributed by atoms with Crippen molar-refractivity contribution < 1.29 is 14.3 Å². The maximum absolute atomic E-state index is 12.9. The number of carbonyl (C=O) groups is 1. The number of halogens is 1. The number of hydrogen-bond acceptors (Lipinski definition) is 5. The summed E-state index contributed by atoms with van der Waals surface area (Å²) in [6.45, 7) is -1.24. The van der Waals surface area contributed by atoms with E-state index in [-0.39, 0.29) is 17.0 Å². The molecule has 2 aromatic rings. The van der Waals surface area contributed by atoms with Gasteiger partial charge in [-0.1, -0.05) is 0 Å². The first-order chi connectivity index (χ1) is 11.6. The van der Waals surface area contributed by atoms with Gasteiger partial charge in [0.2, 0.25) is 0 Å². The van der Waals surface area contributed by atoms with Gasteiger partial charge in [-0.15, -0.1) is 0 Å². The molecule has 0 atom stereocenters. The van der Waals surface area contributed by atoms with Crippen LogP contribution < -0.4 is 10.6 Å². The number of allylic oxidation sites excluding steroid dienone is 1. The fraction of sp³-hybridized carbons (Fsp3) is 0.125. The normalized spacial score (nSPS) is 11.4. The first-order valence-electron chi connectivity index (χ1n) is 6.94. The highest BCUT2D eigenvalue weighted by Gasteiger charge is 2.19. The number of thiocarbonyl (C=S) groups is 1. The molecule has 3 N–H and O–H groups in total. The molecule has 0 unspecified atom stereocenters. The van der Waals surface area contributed by atoms with Crippen LogP contribution in [0.2, 0.25) is 0 Å². The van der Waals surface area contributed by atoms with Gasteiger partial charge in [0.1, 0.15) is 12.1 Å². The van der Waals surface area contributed by atoms with Crippen LogP contribution in [0.4, 0.5) is 10.1 Å². The Morgan fingerprint density at radius 2 is 2.00 bits per heavy atom. The third-order valence-electron chi connectivity index (χ3n) is 3.12. The van der Waals surface area contributed by atoms with E-state index in [0.717, 1.165) is 0 Å². The Kier molecular flexibility index (Phi) is 5.91. The number of benzene rings is 1. The Hall–Kier alpha value is -2.87. The number of anilines is 1. The van der Waals surface area contributed by atoms with Crippen LogP contribution in [0, 0.1) is 0 Å². The molecule has 0 radical (unpaired) electrons. The van der Waals surface area contributed by atoms with Gasteiger partial charge in [0, 0.05) is 24.5 Å². The van der Waals surface area contributed by atoms with Crippen molar-refractivity contribution in [3.63, 3.8) is 0 Å². The molecule has 24 heavy (non-hydrogen) atoms. The van der Waals surface area contributed by atoms with E-state index in [4.69, 9.17) is 12.2 Å². The highest BCUT2D eigenvalue weighted by molar-refractivity contribution is 7.80. The lowest BCUT2D eigenvalue weighted by molar-refractivity contribution is -0.114. The van der Waals surface area contributed by atoms with Gasteiger partial charge in [-0.25, -0.2) is 14.4 Å². The monoisotopic (exact) mass is 346 g/mol. The van der Waals surface area contributed by atoms with Crippen LogP contribution in [0.1, 0.15) is 11.3 Å². The van der Waals surface area contributed by atoms with Gasteiger partial charge < -0.3 is 15.7 Å². The quantitative estimate of drug-likeness (QED) is 0.435. The van der Waals surface area contributed by atoms with E-state index in [1.54, 1.807) is 31.3 Å². The van der Waals surface area contributed by atoms with Crippen LogP contribution in [0.25, 0.3) is 11.3 Å². The van der Waals surface area contributed by atoms with Gasteiger partial charge in [-0.2, -0.15) is 0 Å². The zero-order chi connectivity index (χ0) is 17.5. The minimum atomic E-state index is -1.24. The molecule has 0 aliphatic carbocycles. The van der Waals surface area contributed by atoms with E-state index in [0.29, 0.717) is 16.4 Å². The summed E-state index contributed by atoms with van der Waals surface area (Å²) in [7, 11) is 1.69. The van der Waals surface area contributed by atoms with Crippen molar-refractivity contribution in [3.8, 4) is 0 Å². The number of aliphatic hydroxyl groups excluding tert-OH is 1. The number of alkyl halides is 1. The van der Waals surface area contributed by atoms with Crippen LogP contribution in [0.3, 0.4) is 0 Å². The molecule has 0 spiro atoms. The van der Waals surface area contributed by atoms with Crippen molar-refractivity contribution in [2.45, 2.75) is 0 Å². The molecule has 0 amide bonds. The Morgan fingerprint density at radius 1 is 1.29 bits per heavy atom. The fourth-order valence-electron chi connectivity index (χ4n) is 1.95. The van der Waals surface area contributed by atoms with Crippen molar-refractivity contribution in [2.24, 2.45) is 0 Å². The third-order valence-corrected chi connectivity index (χ3v) is 3.42. The molecular formula is C16H15FN4O2S. The van der Waals surface area contributed by atoms with Crippen molar-refractivity contribution in [2.75, 3.05) is 19.0 Å². The zero-order valence-corrected chi connectivity index (χ0v) is 13.6. The minimum absolute atomic E-state index is 0.156. The Morgan fingerprint density at radius 3 is 2.54 bits per heavy atom. The molecule has 6 nitrogen and oxygen atoms in total. The van der Waals surface area contributed by atoms with Gasteiger partial charge in [0.15, 0.2) is 17.6 Å². The summed E-state index contributed by atoms with van der Waals surface area (Å²) in [6, 6.07) is 7.95. The second kappa shape index (κ2) is 8.11. The van der Waals surface area contributed by atoms with E-state index in [9.17, 15) is 14.3 Å². The van der Waals surface area contributed by atoms with Crippen LogP contribution >= 0.6 is 12.2 Å². The predicted octanol–water partition coefficient (Wildman–Crippen LogP) is 2.36. The summed E-state index contributed by atoms with van der Waals surface area (Å²) < 4.78 is 12.9. The van der Waals surface area contributed by atoms with Crippen molar-refractivity contribution in [3.05, 3.63) is 54.1 Å². The summed E-state index contributed by atoms with van der Waals surface area (Å²) in [5, 5.41) is 16.6. The molecule has 2 rings (SSSR count). The van der Waals surface area contributed by atoms with Gasteiger partial charge >= 0.3 is 0 Å². The molecule has 1 aromatic carbocycles. The summed E-state index contributed by atoms with van der Waals surface area (Å²) >= 11 is 5.00. The Bertz CT molecular complexity index is 763. The first-order valence-corrected chi connectivity index (χ1v) is 7.35. The number of aromatic nitrogens is 2. The van der Waals surface area contributed by atoms with E-state index >= 15 is 0 Å². The second-order valence-corrected chi connectivity index (χ2v) is 5.06. The van der Waals surface area contributed by atoms with E-state index < -0.39 is 12.5 Å². The fourth-order valence-corrected chi connectivity index (χ4v) is 2.07. The minimum Gasteiger partial charge on any atom is -0.506 e. The smallest absolute Gasteiger partial charge is 0.199 e. The Balaban J connectivity index is 2.41. The van der Waals surface area contributed by atoms with E-state index in [2.05, 4.69) is 20.6 Å². The van der Waals surface area contributed by atoms with E-state index in [1.165, 1.54) is 18.6 Å². The maximum Gasteiger partial charge on any atom is 0.199 e. The molecule has 0 saturated carbocycles. The Labute approximate surface area is 143 Å². The van der Waals surface area contributed by atoms with Crippen molar-refractivity contribution >= 4 is 40.1 Å². The topological polar surface area (TPSA) is 87.1 Å². The predicted molar refractivity (Wildman–Crippen MR) is 94.2 cm³/mol. The molecule has 0 aliphatic rings. The lowest BCUT2D eigenvalue weighted by Crippen LogP contribution is -2.24. The number of carbonyl (C=O) groups excluding carboxylic acids is 1. The number of nitrogens with zero attached hydrogens (tertiary/aromatic N) is 2. The standard InChI is InChI=1S/C16H15FN4O2S/c1-18-16(24)21-11-4-2-10(3-5-11)15(23)14(13(22)8-17)12-6-7-19-9-20-12/h2-7,9,23H,8H2,1H3,(H2,18,21,24)/b15-14-. The molecular weight excluding hydrogens is 331 g/mol. The first kappa shape index (κ1) is 17.5. The number of ketones is 1. The number of aliphatic hydroxyl groups is 1. The average Bonchev–Trinajstić information content (AvgIpc) is 2.63. The molecule has 0 bridgehead atoms. The highest BCUT2D eigenvalue weighted by atomic mass is 32.1. The third kappa shape index (κ3) is 4.11. The number of nitrogens with one attached hydrogen (secondary N) is 2. The largest absolute Gasteiger partial charge is 0.506 e. The van der Waals surface area contributed by atoms with Gasteiger partial charge in [-0.3, -0.25) is 4.79 Å². The molecule has 124 valence electrons. The summed E-state index contributed by atoms with van der Waals surface area (Å²) in [5.74, 6) is -1.20. The van der Waals surface area contributed by atoms with Gasteiger partial charge in [-0.05, 0) is 42.5 Å². The second-order valence-electron chi connectivity index (χ2n) is 4.66. The number of rotatable bonds is 5. The summed E-state index contributed by atoms with van der Waals surface area (Å²) in [6.07, 6.45) is 2.63.